The first-order valence-corrected chi connectivity index (χ1v) is 8.28. The third-order valence-corrected chi connectivity index (χ3v) is 5.93. The minimum Gasteiger partial charge on any atom is -0.311 e. The molecule has 3 heteroatoms. The van der Waals surface area contributed by atoms with Gasteiger partial charge in [-0.25, -0.2) is 0 Å². The highest BCUT2D eigenvalue weighted by atomic mass is 32.1. The van der Waals surface area contributed by atoms with Gasteiger partial charge in [-0.2, -0.15) is 0 Å². The zero-order valence-electron chi connectivity index (χ0n) is 13.0. The molecule has 1 heterocycles. The van der Waals surface area contributed by atoms with Crippen LogP contribution in [0.25, 0.3) is 0 Å². The van der Waals surface area contributed by atoms with Gasteiger partial charge in [0.25, 0.3) is 0 Å². The average molecular weight is 280 g/mol. The fourth-order valence-electron chi connectivity index (χ4n) is 3.66. The van der Waals surface area contributed by atoms with Crippen LogP contribution in [0.15, 0.2) is 11.4 Å². The van der Waals surface area contributed by atoms with Crippen molar-refractivity contribution in [3.8, 4) is 0 Å². The second-order valence-electron chi connectivity index (χ2n) is 6.33. The third kappa shape index (κ3) is 2.74. The normalized spacial score (nSPS) is 29.7. The Bertz CT molecular complexity index is 403. The molecule has 1 saturated carbocycles. The number of thiophene rings is 1. The van der Waals surface area contributed by atoms with Crippen molar-refractivity contribution in [2.75, 3.05) is 21.1 Å². The van der Waals surface area contributed by atoms with Crippen LogP contribution in [0.1, 0.15) is 49.1 Å². The van der Waals surface area contributed by atoms with Crippen molar-refractivity contribution in [1.82, 2.24) is 10.2 Å². The number of nitrogens with one attached hydrogen (secondary N) is 1. The van der Waals surface area contributed by atoms with Crippen LogP contribution < -0.4 is 5.32 Å². The van der Waals surface area contributed by atoms with Gasteiger partial charge in [-0.05, 0) is 76.7 Å². The molecule has 2 nitrogen and oxygen atoms in total. The lowest BCUT2D eigenvalue weighted by molar-refractivity contribution is 0.0455. The molecule has 1 aromatic heterocycles. The maximum absolute atomic E-state index is 3.62. The lowest BCUT2D eigenvalue weighted by atomic mass is 9.70. The second kappa shape index (κ2) is 5.94. The lowest BCUT2D eigenvalue weighted by Crippen LogP contribution is -2.55. The van der Waals surface area contributed by atoms with E-state index >= 15 is 0 Å². The topological polar surface area (TPSA) is 15.3 Å². The van der Waals surface area contributed by atoms with E-state index in [1.165, 1.54) is 36.1 Å². The maximum Gasteiger partial charge on any atom is 0.0515 e. The average Bonchev–Trinajstić information content (AvgIpc) is 2.79. The molecule has 0 spiro atoms. The summed E-state index contributed by atoms with van der Waals surface area (Å²) in [5.74, 6) is 0.883. The van der Waals surface area contributed by atoms with Gasteiger partial charge in [0.2, 0.25) is 0 Å². The molecule has 0 aliphatic heterocycles. The van der Waals surface area contributed by atoms with E-state index in [2.05, 4.69) is 56.7 Å². The van der Waals surface area contributed by atoms with Gasteiger partial charge in [-0.15, -0.1) is 11.3 Å². The number of nitrogens with zero attached hydrogens (tertiary/aromatic N) is 1. The first kappa shape index (κ1) is 15.0. The Hall–Kier alpha value is -0.380. The summed E-state index contributed by atoms with van der Waals surface area (Å²) < 4.78 is 0. The standard InChI is InChI=1S/C16H28N2S/c1-12-6-9-16(10-7-12,18(4)5)15(17-3)14-8-11-19-13(14)2/h8,11-12,15,17H,6-7,9-10H2,1-5H3. The Morgan fingerprint density at radius 3 is 2.42 bits per heavy atom. The van der Waals surface area contributed by atoms with E-state index in [0.717, 1.165) is 5.92 Å². The van der Waals surface area contributed by atoms with Crippen molar-refractivity contribution in [2.24, 2.45) is 5.92 Å². The minimum atomic E-state index is 0.271. The zero-order chi connectivity index (χ0) is 14.0. The third-order valence-electron chi connectivity index (χ3n) is 5.07. The molecule has 0 aromatic carbocycles. The number of likely N-dealkylation sites (N-methyl/N-ethyl adjacent to an activating group) is 2. The fourth-order valence-corrected chi connectivity index (χ4v) is 4.40. The molecule has 1 fully saturated rings. The highest BCUT2D eigenvalue weighted by Crippen LogP contribution is 2.44. The predicted octanol–water partition coefficient (Wildman–Crippen LogP) is 3.83. The van der Waals surface area contributed by atoms with Gasteiger partial charge in [-0.1, -0.05) is 6.92 Å². The van der Waals surface area contributed by atoms with Crippen molar-refractivity contribution in [3.63, 3.8) is 0 Å². The van der Waals surface area contributed by atoms with Crippen LogP contribution >= 0.6 is 11.3 Å². The molecule has 108 valence electrons. The summed E-state index contributed by atoms with van der Waals surface area (Å²) in [4.78, 5) is 3.93. The summed E-state index contributed by atoms with van der Waals surface area (Å²) in [7, 11) is 6.62. The Balaban J connectivity index is 2.34. The smallest absolute Gasteiger partial charge is 0.0515 e. The molecule has 1 aliphatic carbocycles. The van der Waals surface area contributed by atoms with E-state index in [4.69, 9.17) is 0 Å². The Morgan fingerprint density at radius 1 is 1.37 bits per heavy atom. The van der Waals surface area contributed by atoms with Gasteiger partial charge in [-0.3, -0.25) is 0 Å². The molecular weight excluding hydrogens is 252 g/mol. The fraction of sp³-hybridized carbons (Fsp3) is 0.750. The Labute approximate surface area is 122 Å². The van der Waals surface area contributed by atoms with Gasteiger partial charge in [0.15, 0.2) is 0 Å². The van der Waals surface area contributed by atoms with Crippen LogP contribution in [-0.4, -0.2) is 31.6 Å². The van der Waals surface area contributed by atoms with Crippen molar-refractivity contribution >= 4 is 11.3 Å². The van der Waals surface area contributed by atoms with Crippen molar-refractivity contribution in [1.29, 1.82) is 0 Å². The van der Waals surface area contributed by atoms with E-state index in [0.29, 0.717) is 6.04 Å². The van der Waals surface area contributed by atoms with Gasteiger partial charge >= 0.3 is 0 Å². The van der Waals surface area contributed by atoms with Crippen molar-refractivity contribution in [2.45, 2.75) is 51.1 Å². The molecule has 1 aliphatic rings. The summed E-state index contributed by atoms with van der Waals surface area (Å²) >= 11 is 1.86. The zero-order valence-corrected chi connectivity index (χ0v) is 13.8. The van der Waals surface area contributed by atoms with E-state index in [1.807, 2.05) is 11.3 Å². The summed E-state index contributed by atoms with van der Waals surface area (Å²) in [5.41, 5.74) is 1.77. The van der Waals surface area contributed by atoms with Crippen LogP contribution in [0, 0.1) is 12.8 Å². The Morgan fingerprint density at radius 2 is 2.00 bits per heavy atom. The molecule has 1 N–H and O–H groups in total. The van der Waals surface area contributed by atoms with Crippen LogP contribution in [-0.2, 0) is 0 Å². The molecule has 1 atom stereocenters. The van der Waals surface area contributed by atoms with Gasteiger partial charge in [0.1, 0.15) is 0 Å². The van der Waals surface area contributed by atoms with Gasteiger partial charge in [0, 0.05) is 10.4 Å². The number of aryl methyl sites for hydroxylation is 1. The molecule has 19 heavy (non-hydrogen) atoms. The molecule has 0 amide bonds. The first-order valence-electron chi connectivity index (χ1n) is 7.40. The van der Waals surface area contributed by atoms with Crippen molar-refractivity contribution in [3.05, 3.63) is 21.9 Å². The second-order valence-corrected chi connectivity index (χ2v) is 7.45. The monoisotopic (exact) mass is 280 g/mol. The van der Waals surface area contributed by atoms with Crippen LogP contribution in [0.2, 0.25) is 0 Å². The molecule has 2 rings (SSSR count). The van der Waals surface area contributed by atoms with Crippen LogP contribution in [0.4, 0.5) is 0 Å². The maximum atomic E-state index is 3.62. The molecule has 1 aromatic rings. The number of hydrogen-bond acceptors (Lipinski definition) is 3. The lowest BCUT2D eigenvalue weighted by Gasteiger charge is -2.49. The quantitative estimate of drug-likeness (QED) is 0.902. The minimum absolute atomic E-state index is 0.271. The molecular formula is C16H28N2S. The van der Waals surface area contributed by atoms with E-state index in [-0.39, 0.29) is 5.54 Å². The molecule has 0 radical (unpaired) electrons. The van der Waals surface area contributed by atoms with E-state index < -0.39 is 0 Å². The van der Waals surface area contributed by atoms with Crippen molar-refractivity contribution < 1.29 is 0 Å². The summed E-state index contributed by atoms with van der Waals surface area (Å²) in [6.45, 7) is 4.64. The molecule has 0 saturated heterocycles. The van der Waals surface area contributed by atoms with Crippen LogP contribution in [0.3, 0.4) is 0 Å². The van der Waals surface area contributed by atoms with E-state index in [9.17, 15) is 0 Å². The highest BCUT2D eigenvalue weighted by molar-refractivity contribution is 7.10. The summed E-state index contributed by atoms with van der Waals surface area (Å²) in [6, 6.07) is 2.76. The predicted molar refractivity (Wildman–Crippen MR) is 84.9 cm³/mol. The number of rotatable bonds is 4. The summed E-state index contributed by atoms with van der Waals surface area (Å²) in [5, 5.41) is 5.84. The molecule has 1 unspecified atom stereocenters. The number of hydrogen-bond donors (Lipinski definition) is 1. The molecule has 0 bridgehead atoms. The largest absolute Gasteiger partial charge is 0.311 e. The first-order chi connectivity index (χ1) is 9.01. The Kier molecular flexibility index (Phi) is 4.70. The van der Waals surface area contributed by atoms with E-state index in [1.54, 1.807) is 0 Å². The SMILES string of the molecule is CNC(c1ccsc1C)C1(N(C)C)CCC(C)CC1. The van der Waals surface area contributed by atoms with Gasteiger partial charge in [0.05, 0.1) is 6.04 Å². The summed E-state index contributed by atoms with van der Waals surface area (Å²) in [6.07, 6.45) is 5.28. The van der Waals surface area contributed by atoms with Gasteiger partial charge < -0.3 is 10.2 Å². The highest BCUT2D eigenvalue weighted by Gasteiger charge is 2.43. The van der Waals surface area contributed by atoms with Crippen LogP contribution in [0.5, 0.6) is 0 Å².